The highest BCUT2D eigenvalue weighted by molar-refractivity contribution is 6.06. The molecule has 0 radical (unpaired) electrons. The number of rotatable bonds is 4. The van der Waals surface area contributed by atoms with E-state index >= 15 is 0 Å². The third-order valence-electron chi connectivity index (χ3n) is 4.41. The number of nitrogens with zero attached hydrogens (tertiary/aromatic N) is 1. The molecule has 22 heavy (non-hydrogen) atoms. The van der Waals surface area contributed by atoms with Crippen LogP contribution in [0.2, 0.25) is 0 Å². The molecule has 2 heterocycles. The Balaban J connectivity index is 1.66. The van der Waals surface area contributed by atoms with E-state index in [0.717, 1.165) is 55.0 Å². The lowest BCUT2D eigenvalue weighted by Crippen LogP contribution is -2.41. The summed E-state index contributed by atoms with van der Waals surface area (Å²) >= 11 is 0. The van der Waals surface area contributed by atoms with Crippen molar-refractivity contribution >= 4 is 16.8 Å². The number of hydrogen-bond donors (Lipinski definition) is 2. The number of hydrogen-bond acceptors (Lipinski definition) is 3. The molecule has 0 bridgehead atoms. The van der Waals surface area contributed by atoms with Crippen molar-refractivity contribution in [1.29, 1.82) is 0 Å². The van der Waals surface area contributed by atoms with Gasteiger partial charge >= 0.3 is 0 Å². The number of benzene rings is 1. The number of H-pyrrole nitrogens is 1. The molecule has 1 amide bonds. The van der Waals surface area contributed by atoms with Crippen molar-refractivity contribution in [1.82, 2.24) is 15.2 Å². The summed E-state index contributed by atoms with van der Waals surface area (Å²) in [5, 5.41) is 4.15. The molecule has 1 saturated heterocycles. The number of carbonyl (C=O) groups is 1. The Morgan fingerprint density at radius 1 is 1.32 bits per heavy atom. The van der Waals surface area contributed by atoms with Crippen molar-refractivity contribution < 1.29 is 9.53 Å². The number of fused-ring (bicyclic) bond motifs is 1. The minimum atomic E-state index is -0.0138. The summed E-state index contributed by atoms with van der Waals surface area (Å²) in [5.74, 6) is -0.0138. The highest BCUT2D eigenvalue weighted by Crippen LogP contribution is 2.24. The standard InChI is InChI=1S/C17H23N3O2/c1-12-13(2)19-16-14(12)4-3-5-15(16)17(21)18-6-7-20-8-10-22-11-9-20/h3-5,19H,6-11H2,1-2H3,(H,18,21). The van der Waals surface area contributed by atoms with Gasteiger partial charge in [-0.1, -0.05) is 12.1 Å². The molecular weight excluding hydrogens is 278 g/mol. The van der Waals surface area contributed by atoms with E-state index in [1.54, 1.807) is 0 Å². The number of morpholine rings is 1. The number of nitrogens with one attached hydrogen (secondary N) is 2. The number of aryl methyl sites for hydroxylation is 2. The van der Waals surface area contributed by atoms with E-state index in [1.807, 2.05) is 19.1 Å². The molecule has 118 valence electrons. The van der Waals surface area contributed by atoms with Gasteiger partial charge in [-0.05, 0) is 25.5 Å². The van der Waals surface area contributed by atoms with E-state index in [0.29, 0.717) is 6.54 Å². The first-order chi connectivity index (χ1) is 10.7. The van der Waals surface area contributed by atoms with E-state index in [-0.39, 0.29) is 5.91 Å². The molecule has 1 fully saturated rings. The van der Waals surface area contributed by atoms with Gasteiger partial charge in [0.2, 0.25) is 0 Å². The second-order valence-electron chi connectivity index (χ2n) is 5.81. The van der Waals surface area contributed by atoms with Crippen molar-refractivity contribution in [2.75, 3.05) is 39.4 Å². The zero-order valence-corrected chi connectivity index (χ0v) is 13.2. The number of para-hydroxylation sites is 1. The van der Waals surface area contributed by atoms with Crippen LogP contribution in [0.4, 0.5) is 0 Å². The normalized spacial score (nSPS) is 16.1. The van der Waals surface area contributed by atoms with Gasteiger partial charge in [-0.2, -0.15) is 0 Å². The lowest BCUT2D eigenvalue weighted by atomic mass is 10.1. The molecule has 1 aromatic carbocycles. The first kappa shape index (κ1) is 15.1. The summed E-state index contributed by atoms with van der Waals surface area (Å²) in [4.78, 5) is 18.1. The Morgan fingerprint density at radius 3 is 2.86 bits per heavy atom. The smallest absolute Gasteiger partial charge is 0.253 e. The molecule has 2 aromatic rings. The average molecular weight is 301 g/mol. The van der Waals surface area contributed by atoms with Crippen LogP contribution in [-0.2, 0) is 4.74 Å². The number of aromatic nitrogens is 1. The van der Waals surface area contributed by atoms with Crippen LogP contribution in [0.25, 0.3) is 10.9 Å². The topological polar surface area (TPSA) is 57.4 Å². The third-order valence-corrected chi connectivity index (χ3v) is 4.41. The fourth-order valence-corrected chi connectivity index (χ4v) is 2.92. The molecule has 0 unspecified atom stereocenters. The first-order valence-corrected chi connectivity index (χ1v) is 7.83. The Kier molecular flexibility index (Phi) is 4.45. The summed E-state index contributed by atoms with van der Waals surface area (Å²) in [6.45, 7) is 9.11. The second kappa shape index (κ2) is 6.50. The number of carbonyl (C=O) groups excluding carboxylic acids is 1. The quantitative estimate of drug-likeness (QED) is 0.906. The summed E-state index contributed by atoms with van der Waals surface area (Å²) in [5.41, 5.74) is 3.97. The molecule has 0 atom stereocenters. The minimum absolute atomic E-state index is 0.0138. The van der Waals surface area contributed by atoms with Crippen LogP contribution < -0.4 is 5.32 Å². The second-order valence-corrected chi connectivity index (χ2v) is 5.81. The molecule has 3 rings (SSSR count). The van der Waals surface area contributed by atoms with Gasteiger partial charge in [-0.15, -0.1) is 0 Å². The predicted octanol–water partition coefficient (Wildman–Crippen LogP) is 1.85. The Hall–Kier alpha value is -1.85. The molecule has 0 saturated carbocycles. The summed E-state index contributed by atoms with van der Waals surface area (Å²) in [6, 6.07) is 5.87. The van der Waals surface area contributed by atoms with Gasteiger partial charge in [0.25, 0.3) is 5.91 Å². The monoisotopic (exact) mass is 301 g/mol. The van der Waals surface area contributed by atoms with Crippen molar-refractivity contribution in [2.24, 2.45) is 0 Å². The fourth-order valence-electron chi connectivity index (χ4n) is 2.92. The Morgan fingerprint density at radius 2 is 2.09 bits per heavy atom. The SMILES string of the molecule is Cc1[nH]c2c(C(=O)NCCN3CCOCC3)cccc2c1C. The average Bonchev–Trinajstić information content (AvgIpc) is 2.83. The van der Waals surface area contributed by atoms with Crippen LogP contribution in [-0.4, -0.2) is 55.2 Å². The Labute approximate surface area is 130 Å². The van der Waals surface area contributed by atoms with Crippen LogP contribution >= 0.6 is 0 Å². The molecule has 0 spiro atoms. The van der Waals surface area contributed by atoms with E-state index in [2.05, 4.69) is 28.2 Å². The maximum Gasteiger partial charge on any atom is 0.253 e. The van der Waals surface area contributed by atoms with E-state index in [1.165, 1.54) is 5.56 Å². The summed E-state index contributed by atoms with van der Waals surface area (Å²) < 4.78 is 5.33. The molecule has 0 aliphatic carbocycles. The first-order valence-electron chi connectivity index (χ1n) is 7.83. The molecular formula is C17H23N3O2. The van der Waals surface area contributed by atoms with E-state index in [4.69, 9.17) is 4.74 Å². The van der Waals surface area contributed by atoms with Gasteiger partial charge in [0.15, 0.2) is 0 Å². The summed E-state index contributed by atoms with van der Waals surface area (Å²) in [6.07, 6.45) is 0. The van der Waals surface area contributed by atoms with Crippen LogP contribution in [0.3, 0.4) is 0 Å². The highest BCUT2D eigenvalue weighted by Gasteiger charge is 2.14. The van der Waals surface area contributed by atoms with Gasteiger partial charge in [-0.3, -0.25) is 9.69 Å². The van der Waals surface area contributed by atoms with Gasteiger partial charge in [-0.25, -0.2) is 0 Å². The maximum atomic E-state index is 12.4. The van der Waals surface area contributed by atoms with Crippen molar-refractivity contribution in [3.8, 4) is 0 Å². The van der Waals surface area contributed by atoms with E-state index < -0.39 is 0 Å². The molecule has 2 N–H and O–H groups in total. The lowest BCUT2D eigenvalue weighted by Gasteiger charge is -2.26. The number of amides is 1. The number of ether oxygens (including phenoxy) is 1. The fraction of sp³-hybridized carbons (Fsp3) is 0.471. The van der Waals surface area contributed by atoms with Crippen molar-refractivity contribution in [3.63, 3.8) is 0 Å². The summed E-state index contributed by atoms with van der Waals surface area (Å²) in [7, 11) is 0. The zero-order valence-electron chi connectivity index (χ0n) is 13.2. The highest BCUT2D eigenvalue weighted by atomic mass is 16.5. The van der Waals surface area contributed by atoms with E-state index in [9.17, 15) is 4.79 Å². The van der Waals surface area contributed by atoms with Crippen LogP contribution in [0.5, 0.6) is 0 Å². The molecule has 1 aliphatic rings. The minimum Gasteiger partial charge on any atom is -0.379 e. The molecule has 5 heteroatoms. The predicted molar refractivity (Wildman–Crippen MR) is 87.4 cm³/mol. The molecule has 5 nitrogen and oxygen atoms in total. The lowest BCUT2D eigenvalue weighted by molar-refractivity contribution is 0.0383. The largest absolute Gasteiger partial charge is 0.379 e. The third kappa shape index (κ3) is 3.00. The van der Waals surface area contributed by atoms with Crippen molar-refractivity contribution in [2.45, 2.75) is 13.8 Å². The maximum absolute atomic E-state index is 12.4. The van der Waals surface area contributed by atoms with Gasteiger partial charge in [0, 0.05) is 37.3 Å². The van der Waals surface area contributed by atoms with Crippen molar-refractivity contribution in [3.05, 3.63) is 35.0 Å². The van der Waals surface area contributed by atoms with Gasteiger partial charge in [0.1, 0.15) is 0 Å². The zero-order chi connectivity index (χ0) is 15.5. The van der Waals surface area contributed by atoms with Crippen LogP contribution in [0, 0.1) is 13.8 Å². The Bertz CT molecular complexity index is 672. The van der Waals surface area contributed by atoms with Gasteiger partial charge < -0.3 is 15.0 Å². The van der Waals surface area contributed by atoms with Gasteiger partial charge in [0.05, 0.1) is 24.3 Å². The number of aromatic amines is 1. The van der Waals surface area contributed by atoms with Crippen LogP contribution in [0.15, 0.2) is 18.2 Å². The van der Waals surface area contributed by atoms with Crippen LogP contribution in [0.1, 0.15) is 21.6 Å². The molecule has 1 aliphatic heterocycles. The molecule has 1 aromatic heterocycles.